The molecule has 0 saturated heterocycles. The fourth-order valence-corrected chi connectivity index (χ4v) is 1.60. The highest BCUT2D eigenvalue weighted by atomic mass is 79.9. The van der Waals surface area contributed by atoms with E-state index >= 15 is 0 Å². The fraction of sp³-hybridized carbons (Fsp3) is 0.200. The number of benzene rings is 1. The van der Waals surface area contributed by atoms with Crippen molar-refractivity contribution >= 4 is 27.7 Å². The first kappa shape index (κ1) is 12.6. The molecule has 6 heteroatoms. The highest BCUT2D eigenvalue weighted by Crippen LogP contribution is 2.17. The van der Waals surface area contributed by atoms with Crippen LogP contribution in [0.1, 0.15) is 16.8 Å². The number of hydrogen-bond acceptors (Lipinski definition) is 2. The third kappa shape index (κ3) is 3.62. The van der Waals surface area contributed by atoms with E-state index in [0.29, 0.717) is 10.0 Å². The molecule has 0 radical (unpaired) electrons. The maximum absolute atomic E-state index is 12.7. The van der Waals surface area contributed by atoms with Crippen molar-refractivity contribution in [3.05, 3.63) is 34.1 Å². The molecule has 3 N–H and O–H groups in total. The lowest BCUT2D eigenvalue weighted by atomic mass is 10.2. The highest BCUT2D eigenvalue weighted by molar-refractivity contribution is 9.10. The maximum Gasteiger partial charge on any atom is 0.252 e. The van der Waals surface area contributed by atoms with Gasteiger partial charge in [-0.25, -0.2) is 4.39 Å². The van der Waals surface area contributed by atoms with E-state index in [4.69, 9.17) is 5.73 Å². The van der Waals surface area contributed by atoms with Crippen LogP contribution in [0.25, 0.3) is 0 Å². The molecule has 0 unspecified atom stereocenters. The van der Waals surface area contributed by atoms with Crippen LogP contribution in [0.15, 0.2) is 22.7 Å². The number of halogens is 2. The van der Waals surface area contributed by atoms with Gasteiger partial charge in [-0.15, -0.1) is 0 Å². The molecule has 86 valence electrons. The SMILES string of the molecule is NC(=O)CCNC(=O)c1ccc(F)cc1Br. The lowest BCUT2D eigenvalue weighted by Crippen LogP contribution is -2.28. The molecule has 0 spiro atoms. The lowest BCUT2D eigenvalue weighted by Gasteiger charge is -2.05. The lowest BCUT2D eigenvalue weighted by molar-refractivity contribution is -0.117. The Bertz CT molecular complexity index is 423. The van der Waals surface area contributed by atoms with Crippen LogP contribution in [0.4, 0.5) is 4.39 Å². The Hall–Kier alpha value is -1.43. The molecule has 0 bridgehead atoms. The summed E-state index contributed by atoms with van der Waals surface area (Å²) in [5.74, 6) is -1.30. The van der Waals surface area contributed by atoms with Crippen LogP contribution < -0.4 is 11.1 Å². The summed E-state index contributed by atoms with van der Waals surface area (Å²) in [5.41, 5.74) is 5.23. The van der Waals surface area contributed by atoms with Gasteiger partial charge in [-0.1, -0.05) is 0 Å². The second-order valence-corrected chi connectivity index (χ2v) is 3.95. The molecule has 1 aromatic rings. The van der Waals surface area contributed by atoms with Crippen molar-refractivity contribution in [1.29, 1.82) is 0 Å². The Morgan fingerprint density at radius 3 is 2.69 bits per heavy atom. The first-order valence-electron chi connectivity index (χ1n) is 4.52. The molecule has 0 heterocycles. The zero-order valence-corrected chi connectivity index (χ0v) is 9.88. The van der Waals surface area contributed by atoms with Crippen LogP contribution in [-0.4, -0.2) is 18.4 Å². The van der Waals surface area contributed by atoms with Gasteiger partial charge in [0.2, 0.25) is 5.91 Å². The van der Waals surface area contributed by atoms with Crippen molar-refractivity contribution < 1.29 is 14.0 Å². The standard InChI is InChI=1S/C10H10BrFN2O2/c11-8-5-6(12)1-2-7(8)10(16)14-4-3-9(13)15/h1-2,5H,3-4H2,(H2,13,15)(H,14,16). The van der Waals surface area contributed by atoms with E-state index in [1.807, 2.05) is 0 Å². The van der Waals surface area contributed by atoms with E-state index in [0.717, 1.165) is 0 Å². The second-order valence-electron chi connectivity index (χ2n) is 3.10. The summed E-state index contributed by atoms with van der Waals surface area (Å²) in [4.78, 5) is 22.0. The Kier molecular flexibility index (Phi) is 4.42. The van der Waals surface area contributed by atoms with Crippen molar-refractivity contribution in [1.82, 2.24) is 5.32 Å². The predicted molar refractivity (Wildman–Crippen MR) is 60.2 cm³/mol. The number of nitrogens with one attached hydrogen (secondary N) is 1. The van der Waals surface area contributed by atoms with E-state index in [1.165, 1.54) is 18.2 Å². The second kappa shape index (κ2) is 5.60. The zero-order chi connectivity index (χ0) is 12.1. The first-order valence-corrected chi connectivity index (χ1v) is 5.31. The Morgan fingerprint density at radius 1 is 1.44 bits per heavy atom. The van der Waals surface area contributed by atoms with E-state index in [1.54, 1.807) is 0 Å². The number of nitrogens with two attached hydrogens (primary N) is 1. The van der Waals surface area contributed by atoms with Gasteiger partial charge >= 0.3 is 0 Å². The molecule has 0 fully saturated rings. The van der Waals surface area contributed by atoms with Crippen molar-refractivity contribution in [3.8, 4) is 0 Å². The van der Waals surface area contributed by atoms with Gasteiger partial charge in [0, 0.05) is 17.4 Å². The number of carbonyl (C=O) groups excluding carboxylic acids is 2. The molecule has 0 atom stereocenters. The summed E-state index contributed by atoms with van der Waals surface area (Å²) >= 11 is 3.08. The average Bonchev–Trinajstić information content (AvgIpc) is 2.16. The predicted octanol–water partition coefficient (Wildman–Crippen LogP) is 1.19. The molecule has 16 heavy (non-hydrogen) atoms. The number of primary amides is 1. The summed E-state index contributed by atoms with van der Waals surface area (Å²) in [7, 11) is 0. The minimum Gasteiger partial charge on any atom is -0.370 e. The third-order valence-electron chi connectivity index (χ3n) is 1.83. The molecule has 1 rings (SSSR count). The molecule has 1 aromatic carbocycles. The largest absolute Gasteiger partial charge is 0.370 e. The van der Waals surface area contributed by atoms with Crippen LogP contribution >= 0.6 is 15.9 Å². The van der Waals surface area contributed by atoms with Gasteiger partial charge in [0.05, 0.1) is 5.56 Å². The van der Waals surface area contributed by atoms with E-state index in [9.17, 15) is 14.0 Å². The summed E-state index contributed by atoms with van der Waals surface area (Å²) in [5, 5.41) is 2.50. The van der Waals surface area contributed by atoms with Crippen LogP contribution in [0.2, 0.25) is 0 Å². The van der Waals surface area contributed by atoms with Gasteiger partial charge < -0.3 is 11.1 Å². The van der Waals surface area contributed by atoms with Gasteiger partial charge in [-0.05, 0) is 34.1 Å². The number of amides is 2. The van der Waals surface area contributed by atoms with E-state index in [-0.39, 0.29) is 18.9 Å². The summed E-state index contributed by atoms with van der Waals surface area (Å²) < 4.78 is 13.1. The van der Waals surface area contributed by atoms with Crippen molar-refractivity contribution in [2.75, 3.05) is 6.54 Å². The molecule has 0 aliphatic heterocycles. The van der Waals surface area contributed by atoms with Crippen LogP contribution in [-0.2, 0) is 4.79 Å². The molecule has 0 aromatic heterocycles. The Balaban J connectivity index is 2.63. The summed E-state index contributed by atoms with van der Waals surface area (Å²) in [6.45, 7) is 0.165. The smallest absolute Gasteiger partial charge is 0.252 e. The average molecular weight is 289 g/mol. The minimum absolute atomic E-state index is 0.0740. The summed E-state index contributed by atoms with van der Waals surface area (Å²) in [6, 6.07) is 3.75. The molecule has 4 nitrogen and oxygen atoms in total. The van der Waals surface area contributed by atoms with Crippen molar-refractivity contribution in [3.63, 3.8) is 0 Å². The molecule has 0 saturated carbocycles. The first-order chi connectivity index (χ1) is 7.50. The number of carbonyl (C=O) groups is 2. The Morgan fingerprint density at radius 2 is 2.12 bits per heavy atom. The quantitative estimate of drug-likeness (QED) is 0.874. The van der Waals surface area contributed by atoms with Crippen LogP contribution in [0.5, 0.6) is 0 Å². The number of rotatable bonds is 4. The van der Waals surface area contributed by atoms with Gasteiger partial charge in [0.25, 0.3) is 5.91 Å². The molecular weight excluding hydrogens is 279 g/mol. The number of hydrogen-bond donors (Lipinski definition) is 2. The monoisotopic (exact) mass is 288 g/mol. The van der Waals surface area contributed by atoms with Crippen LogP contribution in [0.3, 0.4) is 0 Å². The van der Waals surface area contributed by atoms with Gasteiger partial charge in [0.1, 0.15) is 5.82 Å². The minimum atomic E-state index is -0.488. The van der Waals surface area contributed by atoms with Gasteiger partial charge in [-0.3, -0.25) is 9.59 Å². The normalized spacial score (nSPS) is 9.88. The molecular formula is C10H10BrFN2O2. The molecule has 0 aliphatic rings. The Labute approximate surface area is 100 Å². The van der Waals surface area contributed by atoms with Crippen molar-refractivity contribution in [2.24, 2.45) is 5.73 Å². The highest BCUT2D eigenvalue weighted by Gasteiger charge is 2.10. The van der Waals surface area contributed by atoms with E-state index in [2.05, 4.69) is 21.2 Å². The van der Waals surface area contributed by atoms with Crippen LogP contribution in [0, 0.1) is 5.82 Å². The maximum atomic E-state index is 12.7. The third-order valence-corrected chi connectivity index (χ3v) is 2.49. The van der Waals surface area contributed by atoms with E-state index < -0.39 is 11.7 Å². The molecule has 0 aliphatic carbocycles. The van der Waals surface area contributed by atoms with Gasteiger partial charge in [-0.2, -0.15) is 0 Å². The summed E-state index contributed by atoms with van der Waals surface area (Å²) in [6.07, 6.45) is 0.0740. The molecule has 2 amide bonds. The zero-order valence-electron chi connectivity index (χ0n) is 8.30. The van der Waals surface area contributed by atoms with Gasteiger partial charge in [0.15, 0.2) is 0 Å². The topological polar surface area (TPSA) is 72.2 Å². The fourth-order valence-electron chi connectivity index (χ4n) is 1.07. The van der Waals surface area contributed by atoms with Crippen molar-refractivity contribution in [2.45, 2.75) is 6.42 Å².